The Bertz CT molecular complexity index is 1160. The fourth-order valence-corrected chi connectivity index (χ4v) is 4.71. The molecule has 3 aromatic rings. The molecule has 0 saturated carbocycles. The number of ether oxygens (including phenoxy) is 1. The van der Waals surface area contributed by atoms with Crippen molar-refractivity contribution in [3.05, 3.63) is 108 Å². The van der Waals surface area contributed by atoms with Crippen molar-refractivity contribution >= 4 is 28.8 Å². The Morgan fingerprint density at radius 2 is 1.39 bits per heavy atom. The molecule has 1 N–H and O–H groups in total. The number of carbonyl (C=O) groups excluding carboxylic acids is 3. The lowest BCUT2D eigenvalue weighted by atomic mass is 9.89. The van der Waals surface area contributed by atoms with Crippen molar-refractivity contribution in [2.75, 3.05) is 12.4 Å². The summed E-state index contributed by atoms with van der Waals surface area (Å²) in [5, 5.41) is 11.2. The first-order valence-corrected chi connectivity index (χ1v) is 13.4. The van der Waals surface area contributed by atoms with Gasteiger partial charge in [0, 0.05) is 12.7 Å². The molecule has 38 heavy (non-hydrogen) atoms. The monoisotopic (exact) mass is 535 g/mol. The van der Waals surface area contributed by atoms with E-state index in [1.54, 1.807) is 0 Å². The Morgan fingerprint density at radius 3 is 1.95 bits per heavy atom. The Balaban J connectivity index is 1.83. The molecule has 200 valence electrons. The number of rotatable bonds is 13. The van der Waals surface area contributed by atoms with Crippen molar-refractivity contribution in [2.45, 2.75) is 39.0 Å². The van der Waals surface area contributed by atoms with Crippen LogP contribution in [0.25, 0.3) is 0 Å². The molecule has 0 spiro atoms. The molecule has 0 aliphatic rings. The number of benzene rings is 3. The van der Waals surface area contributed by atoms with E-state index in [0.29, 0.717) is 0 Å². The minimum Gasteiger partial charge on any atom is -0.459 e. The summed E-state index contributed by atoms with van der Waals surface area (Å²) >= 11 is 1.05. The number of hydroxylamine groups is 2. The van der Waals surface area contributed by atoms with Gasteiger partial charge >= 0.3 is 11.9 Å². The number of hydrogen-bond donors (Lipinski definition) is 1. The van der Waals surface area contributed by atoms with Gasteiger partial charge < -0.3 is 14.7 Å². The lowest BCUT2D eigenvalue weighted by molar-refractivity contribution is -0.219. The van der Waals surface area contributed by atoms with Crippen molar-refractivity contribution in [1.82, 2.24) is 5.06 Å². The van der Waals surface area contributed by atoms with Crippen molar-refractivity contribution in [3.63, 3.8) is 0 Å². The van der Waals surface area contributed by atoms with E-state index in [1.165, 1.54) is 12.0 Å². The second-order valence-corrected chi connectivity index (χ2v) is 10.1. The average molecular weight is 536 g/mol. The minimum absolute atomic E-state index is 0.0201. The Morgan fingerprint density at radius 1 is 0.842 bits per heavy atom. The van der Waals surface area contributed by atoms with Crippen LogP contribution in [0.1, 0.15) is 36.5 Å². The molecule has 3 aromatic carbocycles. The highest BCUT2D eigenvalue weighted by molar-refractivity contribution is 8.13. The van der Waals surface area contributed by atoms with Crippen LogP contribution in [0, 0.1) is 5.92 Å². The second kappa shape index (κ2) is 15.1. The average Bonchev–Trinajstić information content (AvgIpc) is 2.93. The molecule has 0 aliphatic heterocycles. The molecule has 3 atom stereocenters. The van der Waals surface area contributed by atoms with Crippen LogP contribution in [0.4, 0.5) is 0 Å². The van der Waals surface area contributed by atoms with Gasteiger partial charge in [0.1, 0.15) is 6.61 Å². The third-order valence-electron chi connectivity index (χ3n) is 6.10. The Hall–Kier alpha value is -3.46. The van der Waals surface area contributed by atoms with E-state index < -0.39 is 30.5 Å². The van der Waals surface area contributed by atoms with Crippen molar-refractivity contribution in [2.24, 2.45) is 5.92 Å². The maximum atomic E-state index is 13.6. The van der Waals surface area contributed by atoms with E-state index in [9.17, 15) is 19.5 Å². The van der Waals surface area contributed by atoms with Crippen LogP contribution in [-0.2, 0) is 37.1 Å². The number of aliphatic hydroxyl groups is 1. The molecule has 7 nitrogen and oxygen atoms in total. The summed E-state index contributed by atoms with van der Waals surface area (Å²) in [6, 6.07) is 26.6. The van der Waals surface area contributed by atoms with Gasteiger partial charge in [-0.25, -0.2) is 4.79 Å². The molecule has 3 rings (SSSR count). The van der Waals surface area contributed by atoms with Crippen molar-refractivity contribution < 1.29 is 29.1 Å². The molecule has 0 heterocycles. The summed E-state index contributed by atoms with van der Waals surface area (Å²) in [5.41, 5.74) is 2.50. The third kappa shape index (κ3) is 8.83. The number of esters is 1. The molecule has 0 aliphatic carbocycles. The maximum absolute atomic E-state index is 13.6. The zero-order valence-corrected chi connectivity index (χ0v) is 22.4. The van der Waals surface area contributed by atoms with Crippen LogP contribution in [0.5, 0.6) is 0 Å². The molecule has 0 aromatic heterocycles. The van der Waals surface area contributed by atoms with E-state index in [1.807, 2.05) is 97.9 Å². The molecule has 0 radical (unpaired) electrons. The SMILES string of the molecule is CC(=O)SCC(C(=O)ON(Cc1ccccc1)[C@@H](CO)C(=O)OCc1ccccc1)C(C)c1ccccc1. The van der Waals surface area contributed by atoms with Crippen LogP contribution in [0.2, 0.25) is 0 Å². The van der Waals surface area contributed by atoms with Gasteiger partial charge in [-0.3, -0.25) is 9.59 Å². The molecule has 0 fully saturated rings. The molecule has 0 amide bonds. The number of hydrogen-bond acceptors (Lipinski definition) is 8. The lowest BCUT2D eigenvalue weighted by Gasteiger charge is -2.30. The molecule has 8 heteroatoms. The first-order valence-electron chi connectivity index (χ1n) is 12.4. The standard InChI is InChI=1S/C30H33NO6S/c1-22(26-16-10-5-11-17-26)27(21-38-23(2)33)29(34)37-31(18-24-12-6-3-7-13-24)28(19-32)30(35)36-20-25-14-8-4-9-15-25/h3-17,22,27-28,32H,18-21H2,1-2H3/t22?,27?,28-/m0/s1. The Labute approximate surface area is 227 Å². The van der Waals surface area contributed by atoms with Gasteiger partial charge in [-0.1, -0.05) is 110 Å². The molecule has 0 saturated heterocycles. The van der Waals surface area contributed by atoms with Gasteiger partial charge in [0.25, 0.3) is 0 Å². The minimum atomic E-state index is -1.24. The van der Waals surface area contributed by atoms with Crippen molar-refractivity contribution in [1.29, 1.82) is 0 Å². The smallest absolute Gasteiger partial charge is 0.329 e. The molecule has 2 unspecified atom stereocenters. The van der Waals surface area contributed by atoms with Crippen LogP contribution >= 0.6 is 11.8 Å². The second-order valence-electron chi connectivity index (χ2n) is 8.87. The number of carbonyl (C=O) groups is 3. The van der Waals surface area contributed by atoms with Crippen LogP contribution in [-0.4, -0.2) is 45.6 Å². The highest BCUT2D eigenvalue weighted by Gasteiger charge is 2.35. The van der Waals surface area contributed by atoms with Gasteiger partial charge in [0.2, 0.25) is 0 Å². The van der Waals surface area contributed by atoms with Crippen LogP contribution in [0.15, 0.2) is 91.0 Å². The van der Waals surface area contributed by atoms with E-state index in [4.69, 9.17) is 9.57 Å². The highest BCUT2D eigenvalue weighted by atomic mass is 32.2. The molecule has 0 bridgehead atoms. The fourth-order valence-electron chi connectivity index (χ4n) is 3.87. The highest BCUT2D eigenvalue weighted by Crippen LogP contribution is 2.29. The Kier molecular flexibility index (Phi) is 11.5. The number of nitrogens with zero attached hydrogens (tertiary/aromatic N) is 1. The predicted molar refractivity (Wildman–Crippen MR) is 147 cm³/mol. The zero-order valence-electron chi connectivity index (χ0n) is 21.6. The van der Waals surface area contributed by atoms with E-state index in [2.05, 4.69) is 0 Å². The summed E-state index contributed by atoms with van der Waals surface area (Å²) in [6.07, 6.45) is 0. The van der Waals surface area contributed by atoms with Crippen molar-refractivity contribution in [3.8, 4) is 0 Å². The quantitative estimate of drug-likeness (QED) is 0.248. The number of aliphatic hydroxyl groups excluding tert-OH is 1. The predicted octanol–water partition coefficient (Wildman–Crippen LogP) is 4.75. The van der Waals surface area contributed by atoms with Crippen LogP contribution < -0.4 is 0 Å². The maximum Gasteiger partial charge on any atom is 0.329 e. The van der Waals surface area contributed by atoms with E-state index in [0.717, 1.165) is 28.5 Å². The third-order valence-corrected chi connectivity index (χ3v) is 7.04. The fraction of sp³-hybridized carbons (Fsp3) is 0.300. The van der Waals surface area contributed by atoms with E-state index in [-0.39, 0.29) is 29.9 Å². The molecular weight excluding hydrogens is 502 g/mol. The van der Waals surface area contributed by atoms with Gasteiger partial charge in [-0.2, -0.15) is 0 Å². The largest absolute Gasteiger partial charge is 0.459 e. The van der Waals surface area contributed by atoms with Gasteiger partial charge in [0.15, 0.2) is 11.2 Å². The van der Waals surface area contributed by atoms with Gasteiger partial charge in [-0.05, 0) is 22.6 Å². The first kappa shape index (κ1) is 29.1. The van der Waals surface area contributed by atoms with Gasteiger partial charge in [0.05, 0.1) is 19.1 Å². The summed E-state index contributed by atoms with van der Waals surface area (Å²) < 4.78 is 5.46. The zero-order chi connectivity index (χ0) is 27.3. The lowest BCUT2D eigenvalue weighted by Crippen LogP contribution is -2.46. The topological polar surface area (TPSA) is 93.1 Å². The first-order chi connectivity index (χ1) is 18.4. The summed E-state index contributed by atoms with van der Waals surface area (Å²) in [5.74, 6) is -2.03. The van der Waals surface area contributed by atoms with E-state index >= 15 is 0 Å². The normalized spacial score (nSPS) is 13.4. The van der Waals surface area contributed by atoms with Crippen LogP contribution in [0.3, 0.4) is 0 Å². The molecular formula is C30H33NO6S. The summed E-state index contributed by atoms with van der Waals surface area (Å²) in [6.45, 7) is 2.82. The summed E-state index contributed by atoms with van der Waals surface area (Å²) in [4.78, 5) is 44.2. The summed E-state index contributed by atoms with van der Waals surface area (Å²) in [7, 11) is 0. The number of thioether (sulfide) groups is 1. The van der Waals surface area contributed by atoms with Gasteiger partial charge in [-0.15, -0.1) is 5.06 Å².